The molecule has 15 heavy (non-hydrogen) atoms. The number of benzene rings is 1. The smallest absolute Gasteiger partial charge is 0.331 e. The van der Waals surface area contributed by atoms with Crippen molar-refractivity contribution in [3.63, 3.8) is 0 Å². The van der Waals surface area contributed by atoms with Crippen molar-refractivity contribution < 1.29 is 12.6 Å². The lowest BCUT2D eigenvalue weighted by Crippen LogP contribution is -2.05. The molecule has 0 fully saturated rings. The fourth-order valence-electron chi connectivity index (χ4n) is 0.759. The Morgan fingerprint density at radius 1 is 1.20 bits per heavy atom. The van der Waals surface area contributed by atoms with Gasteiger partial charge in [0.25, 0.3) is 0 Å². The van der Waals surface area contributed by atoms with Crippen LogP contribution in [0.2, 0.25) is 15.1 Å². The molecule has 0 amide bonds. The molecule has 1 rings (SSSR count). The van der Waals surface area contributed by atoms with Gasteiger partial charge in [-0.15, -0.1) is 0 Å². The van der Waals surface area contributed by atoms with Crippen LogP contribution < -0.4 is 4.18 Å². The highest BCUT2D eigenvalue weighted by atomic mass is 35.5. The molecule has 82 valence electrons. The SMILES string of the molecule is C=CS(=O)(=O)Oc1c(Cl)cc(Cl)cc1Cl. The van der Waals surface area contributed by atoms with Crippen LogP contribution >= 0.6 is 34.8 Å². The maximum atomic E-state index is 11.1. The summed E-state index contributed by atoms with van der Waals surface area (Å²) in [7, 11) is -3.88. The summed E-state index contributed by atoms with van der Waals surface area (Å²) in [6.45, 7) is 3.08. The first-order chi connectivity index (χ1) is 6.85. The standard InChI is InChI=1S/C8H5Cl3O3S/c1-2-15(12,13)14-8-6(10)3-5(9)4-7(8)11/h2-4H,1H2. The van der Waals surface area contributed by atoms with Gasteiger partial charge in [-0.1, -0.05) is 41.4 Å². The van der Waals surface area contributed by atoms with Gasteiger partial charge >= 0.3 is 10.1 Å². The van der Waals surface area contributed by atoms with E-state index in [9.17, 15) is 8.42 Å². The van der Waals surface area contributed by atoms with Crippen LogP contribution in [0.3, 0.4) is 0 Å². The number of hydrogen-bond donors (Lipinski definition) is 0. The summed E-state index contributed by atoms with van der Waals surface area (Å²) in [5.41, 5.74) is 0. The van der Waals surface area contributed by atoms with Crippen molar-refractivity contribution in [2.45, 2.75) is 0 Å². The molecule has 7 heteroatoms. The van der Waals surface area contributed by atoms with Gasteiger partial charge in [0, 0.05) is 5.02 Å². The zero-order valence-corrected chi connectivity index (χ0v) is 10.3. The molecule has 0 aliphatic carbocycles. The molecule has 0 aliphatic rings. The summed E-state index contributed by atoms with van der Waals surface area (Å²) in [5, 5.41) is 0.957. The van der Waals surface area contributed by atoms with Crippen molar-refractivity contribution in [2.75, 3.05) is 0 Å². The van der Waals surface area contributed by atoms with Gasteiger partial charge in [-0.05, 0) is 12.1 Å². The average molecular weight is 288 g/mol. The summed E-state index contributed by atoms with van der Waals surface area (Å²) in [4.78, 5) is 0. The van der Waals surface area contributed by atoms with E-state index in [1.807, 2.05) is 0 Å². The average Bonchev–Trinajstić information content (AvgIpc) is 2.11. The predicted octanol–water partition coefficient (Wildman–Crippen LogP) is 3.50. The van der Waals surface area contributed by atoms with Gasteiger partial charge in [-0.2, -0.15) is 8.42 Å². The Kier molecular flexibility index (Phi) is 3.89. The molecule has 1 aromatic carbocycles. The first-order valence-corrected chi connectivity index (χ1v) is 6.18. The molecular weight excluding hydrogens is 283 g/mol. The third-order valence-electron chi connectivity index (χ3n) is 1.37. The number of hydrogen-bond acceptors (Lipinski definition) is 3. The van der Waals surface area contributed by atoms with E-state index in [0.29, 0.717) is 5.41 Å². The van der Waals surface area contributed by atoms with E-state index in [2.05, 4.69) is 10.8 Å². The van der Waals surface area contributed by atoms with E-state index < -0.39 is 10.1 Å². The van der Waals surface area contributed by atoms with Gasteiger partial charge in [-0.25, -0.2) is 0 Å². The van der Waals surface area contributed by atoms with Crippen LogP contribution in [0.25, 0.3) is 0 Å². The monoisotopic (exact) mass is 286 g/mol. The van der Waals surface area contributed by atoms with Crippen molar-refractivity contribution in [1.29, 1.82) is 0 Å². The highest BCUT2D eigenvalue weighted by Gasteiger charge is 2.15. The van der Waals surface area contributed by atoms with E-state index in [0.717, 1.165) is 0 Å². The normalized spacial score (nSPS) is 11.1. The van der Waals surface area contributed by atoms with Gasteiger partial charge in [0.05, 0.1) is 15.5 Å². The van der Waals surface area contributed by atoms with Crippen LogP contribution in [-0.4, -0.2) is 8.42 Å². The van der Waals surface area contributed by atoms with Gasteiger partial charge in [0.15, 0.2) is 5.75 Å². The Bertz CT molecular complexity index is 473. The Balaban J connectivity index is 3.22. The molecular formula is C8H5Cl3O3S. The van der Waals surface area contributed by atoms with Crippen molar-refractivity contribution in [1.82, 2.24) is 0 Å². The third kappa shape index (κ3) is 3.28. The topological polar surface area (TPSA) is 43.4 Å². The second-order valence-electron chi connectivity index (χ2n) is 2.44. The van der Waals surface area contributed by atoms with Crippen LogP contribution in [0.4, 0.5) is 0 Å². The molecule has 0 bridgehead atoms. The zero-order valence-electron chi connectivity index (χ0n) is 7.21. The van der Waals surface area contributed by atoms with E-state index in [4.69, 9.17) is 34.8 Å². The summed E-state index contributed by atoms with van der Waals surface area (Å²) < 4.78 is 26.7. The molecule has 0 atom stereocenters. The van der Waals surface area contributed by atoms with Crippen molar-refractivity contribution in [2.24, 2.45) is 0 Å². The molecule has 0 saturated carbocycles. The Labute approximate surface area is 102 Å². The second kappa shape index (κ2) is 4.61. The molecule has 3 nitrogen and oxygen atoms in total. The molecule has 0 aliphatic heterocycles. The molecule has 0 saturated heterocycles. The molecule has 0 aromatic heterocycles. The summed E-state index contributed by atoms with van der Waals surface area (Å²) in [6.07, 6.45) is 0. The zero-order chi connectivity index (χ0) is 11.6. The van der Waals surface area contributed by atoms with E-state index >= 15 is 0 Å². The lowest BCUT2D eigenvalue weighted by Gasteiger charge is -2.07. The number of halogens is 3. The van der Waals surface area contributed by atoms with E-state index in [1.165, 1.54) is 12.1 Å². The lowest BCUT2D eigenvalue weighted by molar-refractivity contribution is 0.497. The van der Waals surface area contributed by atoms with E-state index in [-0.39, 0.29) is 20.8 Å². The van der Waals surface area contributed by atoms with Crippen LogP contribution in [0, 0.1) is 0 Å². The Morgan fingerprint density at radius 3 is 2.07 bits per heavy atom. The minimum Gasteiger partial charge on any atom is -0.376 e. The quantitative estimate of drug-likeness (QED) is 0.799. The van der Waals surface area contributed by atoms with Crippen LogP contribution in [-0.2, 0) is 10.1 Å². The first-order valence-electron chi connectivity index (χ1n) is 3.57. The van der Waals surface area contributed by atoms with Crippen molar-refractivity contribution in [3.8, 4) is 5.75 Å². The molecule has 0 heterocycles. The summed E-state index contributed by atoms with van der Waals surface area (Å²) in [6, 6.07) is 2.64. The van der Waals surface area contributed by atoms with Crippen molar-refractivity contribution >= 4 is 44.9 Å². The minimum atomic E-state index is -3.88. The lowest BCUT2D eigenvalue weighted by atomic mass is 10.3. The maximum absolute atomic E-state index is 11.1. The van der Waals surface area contributed by atoms with Crippen LogP contribution in [0.5, 0.6) is 5.75 Å². The third-order valence-corrected chi connectivity index (χ3v) is 2.95. The minimum absolute atomic E-state index is 0.0120. The van der Waals surface area contributed by atoms with Gasteiger partial charge < -0.3 is 4.18 Å². The molecule has 1 aromatic rings. The Morgan fingerprint density at radius 2 is 1.67 bits per heavy atom. The second-order valence-corrected chi connectivity index (χ2v) is 5.18. The van der Waals surface area contributed by atoms with E-state index in [1.54, 1.807) is 0 Å². The van der Waals surface area contributed by atoms with Crippen LogP contribution in [0.15, 0.2) is 24.1 Å². The fourth-order valence-corrected chi connectivity index (χ4v) is 2.22. The number of rotatable bonds is 3. The largest absolute Gasteiger partial charge is 0.376 e. The first kappa shape index (κ1) is 12.6. The fraction of sp³-hybridized carbons (Fsp3) is 0. The predicted molar refractivity (Wildman–Crippen MR) is 61.2 cm³/mol. The molecule has 0 unspecified atom stereocenters. The van der Waals surface area contributed by atoms with Gasteiger partial charge in [-0.3, -0.25) is 0 Å². The van der Waals surface area contributed by atoms with Gasteiger partial charge in [0.2, 0.25) is 0 Å². The van der Waals surface area contributed by atoms with Gasteiger partial charge in [0.1, 0.15) is 0 Å². The maximum Gasteiger partial charge on any atom is 0.331 e. The molecule has 0 radical (unpaired) electrons. The highest BCUT2D eigenvalue weighted by molar-refractivity contribution is 7.90. The molecule has 0 N–H and O–H groups in total. The highest BCUT2D eigenvalue weighted by Crippen LogP contribution is 2.36. The van der Waals surface area contributed by atoms with Crippen molar-refractivity contribution in [3.05, 3.63) is 39.2 Å². The summed E-state index contributed by atoms with van der Waals surface area (Å²) in [5.74, 6) is -0.164. The summed E-state index contributed by atoms with van der Waals surface area (Å²) >= 11 is 17.0. The van der Waals surface area contributed by atoms with Crippen LogP contribution in [0.1, 0.15) is 0 Å². The molecule has 0 spiro atoms. The Hall–Kier alpha value is -0.420.